The van der Waals surface area contributed by atoms with E-state index in [-0.39, 0.29) is 24.3 Å². The summed E-state index contributed by atoms with van der Waals surface area (Å²) in [4.78, 5) is 11.9. The van der Waals surface area contributed by atoms with Crippen molar-refractivity contribution < 1.29 is 13.9 Å². The van der Waals surface area contributed by atoms with Crippen LogP contribution in [0.5, 0.6) is 5.75 Å². The number of hydrogen-bond donors (Lipinski definition) is 1. The van der Waals surface area contributed by atoms with Gasteiger partial charge in [-0.05, 0) is 42.8 Å². The van der Waals surface area contributed by atoms with E-state index < -0.39 is 5.82 Å². The number of hydrogen-bond acceptors (Lipinski definition) is 2. The van der Waals surface area contributed by atoms with Crippen LogP contribution in [0, 0.1) is 5.82 Å². The van der Waals surface area contributed by atoms with Crippen LogP contribution in [-0.4, -0.2) is 12.5 Å². The molecule has 0 radical (unpaired) electrons. The van der Waals surface area contributed by atoms with Crippen LogP contribution in [0.4, 0.5) is 4.39 Å². The monoisotopic (exact) mass is 385 g/mol. The van der Waals surface area contributed by atoms with E-state index in [0.717, 1.165) is 5.56 Å². The predicted octanol–water partition coefficient (Wildman–Crippen LogP) is 4.50. The Labute approximate surface area is 141 Å². The number of carbonyl (C=O) groups is 1. The van der Waals surface area contributed by atoms with Crippen molar-refractivity contribution in [3.05, 3.63) is 63.3 Å². The average Bonchev–Trinajstić information content (AvgIpc) is 2.46. The maximum Gasteiger partial charge on any atom is 0.258 e. The summed E-state index contributed by atoms with van der Waals surface area (Å²) in [6.45, 7) is 1.58. The quantitative estimate of drug-likeness (QED) is 0.822. The number of carbonyl (C=O) groups excluding carboxylic acids is 1. The lowest BCUT2D eigenvalue weighted by atomic mass is 10.1. The largest absolute Gasteiger partial charge is 0.481 e. The van der Waals surface area contributed by atoms with Gasteiger partial charge in [-0.25, -0.2) is 4.39 Å². The molecule has 0 aliphatic carbocycles. The lowest BCUT2D eigenvalue weighted by Crippen LogP contribution is -2.31. The molecular weight excluding hydrogens is 373 g/mol. The Morgan fingerprint density at radius 3 is 2.82 bits per heavy atom. The van der Waals surface area contributed by atoms with Gasteiger partial charge >= 0.3 is 0 Å². The first-order chi connectivity index (χ1) is 10.5. The Morgan fingerprint density at radius 1 is 1.36 bits per heavy atom. The first kappa shape index (κ1) is 16.8. The molecule has 0 bridgehead atoms. The van der Waals surface area contributed by atoms with E-state index in [1.165, 1.54) is 12.1 Å². The third-order valence-corrected chi connectivity index (χ3v) is 3.71. The fourth-order valence-corrected chi connectivity index (χ4v) is 2.41. The van der Waals surface area contributed by atoms with Gasteiger partial charge in [0, 0.05) is 9.50 Å². The Hall–Kier alpha value is -1.59. The lowest BCUT2D eigenvalue weighted by molar-refractivity contribution is -0.123. The number of nitrogens with one attached hydrogen (secondary N) is 1. The highest BCUT2D eigenvalue weighted by Gasteiger charge is 2.12. The van der Waals surface area contributed by atoms with Gasteiger partial charge in [-0.2, -0.15) is 0 Å². The summed E-state index contributed by atoms with van der Waals surface area (Å²) in [5.74, 6) is -0.825. The topological polar surface area (TPSA) is 38.3 Å². The molecule has 1 amide bonds. The minimum atomic E-state index is -0.523. The second kappa shape index (κ2) is 7.61. The van der Waals surface area contributed by atoms with Gasteiger partial charge in [-0.15, -0.1) is 0 Å². The number of rotatable bonds is 5. The smallest absolute Gasteiger partial charge is 0.258 e. The van der Waals surface area contributed by atoms with Crippen LogP contribution in [-0.2, 0) is 4.79 Å². The summed E-state index contributed by atoms with van der Waals surface area (Å²) in [5, 5.41) is 3.37. The molecule has 0 heterocycles. The number of halogens is 3. The summed E-state index contributed by atoms with van der Waals surface area (Å²) in [7, 11) is 0. The molecule has 2 rings (SSSR count). The van der Waals surface area contributed by atoms with Crippen molar-refractivity contribution in [3.63, 3.8) is 0 Å². The summed E-state index contributed by atoms with van der Waals surface area (Å²) in [6, 6.07) is 11.4. The third-order valence-electron chi connectivity index (χ3n) is 2.98. The van der Waals surface area contributed by atoms with Gasteiger partial charge < -0.3 is 10.1 Å². The van der Waals surface area contributed by atoms with Gasteiger partial charge in [0.2, 0.25) is 0 Å². The lowest BCUT2D eigenvalue weighted by Gasteiger charge is -2.15. The van der Waals surface area contributed by atoms with Crippen LogP contribution in [0.25, 0.3) is 0 Å². The highest BCUT2D eigenvalue weighted by Crippen LogP contribution is 2.21. The van der Waals surface area contributed by atoms with Crippen LogP contribution in [0.1, 0.15) is 18.5 Å². The zero-order chi connectivity index (χ0) is 16.1. The number of ether oxygens (including phenoxy) is 1. The van der Waals surface area contributed by atoms with Crippen molar-refractivity contribution in [2.75, 3.05) is 6.61 Å². The van der Waals surface area contributed by atoms with Crippen LogP contribution in [0.15, 0.2) is 46.9 Å². The molecule has 3 nitrogen and oxygen atoms in total. The van der Waals surface area contributed by atoms with Crippen molar-refractivity contribution in [1.29, 1.82) is 0 Å². The van der Waals surface area contributed by atoms with Gasteiger partial charge in [0.1, 0.15) is 0 Å². The maximum absolute atomic E-state index is 13.6. The Bertz CT molecular complexity index is 681. The number of benzene rings is 2. The van der Waals surface area contributed by atoms with Gasteiger partial charge in [0.25, 0.3) is 5.91 Å². The molecular formula is C16H14BrClFNO2. The number of amides is 1. The molecule has 0 saturated heterocycles. The molecule has 0 saturated carbocycles. The Morgan fingerprint density at radius 2 is 2.14 bits per heavy atom. The van der Waals surface area contributed by atoms with Crippen LogP contribution >= 0.6 is 27.5 Å². The normalized spacial score (nSPS) is 11.8. The fourth-order valence-electron chi connectivity index (χ4n) is 1.88. The minimum Gasteiger partial charge on any atom is -0.481 e. The van der Waals surface area contributed by atoms with Crippen molar-refractivity contribution in [2.45, 2.75) is 13.0 Å². The fraction of sp³-hybridized carbons (Fsp3) is 0.188. The van der Waals surface area contributed by atoms with Crippen molar-refractivity contribution in [2.24, 2.45) is 0 Å². The van der Waals surface area contributed by atoms with E-state index >= 15 is 0 Å². The van der Waals surface area contributed by atoms with E-state index in [9.17, 15) is 9.18 Å². The molecule has 1 N–H and O–H groups in total. The molecule has 6 heteroatoms. The van der Waals surface area contributed by atoms with E-state index in [0.29, 0.717) is 9.50 Å². The summed E-state index contributed by atoms with van der Waals surface area (Å²) in [5.41, 5.74) is 0.885. The van der Waals surface area contributed by atoms with Crippen molar-refractivity contribution in [3.8, 4) is 5.75 Å². The summed E-state index contributed by atoms with van der Waals surface area (Å²) >= 11 is 9.07. The maximum atomic E-state index is 13.6. The van der Waals surface area contributed by atoms with E-state index in [1.54, 1.807) is 18.2 Å². The molecule has 0 fully saturated rings. The van der Waals surface area contributed by atoms with E-state index in [4.69, 9.17) is 16.3 Å². The first-order valence-corrected chi connectivity index (χ1v) is 7.75. The standard InChI is InChI=1S/C16H14BrClFNO2/c1-10(11-3-2-4-13(18)7-11)20-16(21)9-22-15-6-5-12(17)8-14(15)19/h2-8,10H,9H2,1H3,(H,20,21)/t10-/m0/s1. The molecule has 2 aromatic carbocycles. The van der Waals surface area contributed by atoms with E-state index in [2.05, 4.69) is 21.2 Å². The first-order valence-electron chi connectivity index (χ1n) is 6.58. The SMILES string of the molecule is C[C@H](NC(=O)COc1ccc(Br)cc1F)c1cccc(Cl)c1. The van der Waals surface area contributed by atoms with Crippen LogP contribution in [0.2, 0.25) is 5.02 Å². The van der Waals surface area contributed by atoms with Crippen molar-refractivity contribution >= 4 is 33.4 Å². The molecule has 0 spiro atoms. The molecule has 0 aliphatic heterocycles. The molecule has 116 valence electrons. The molecule has 0 unspecified atom stereocenters. The zero-order valence-corrected chi connectivity index (χ0v) is 14.1. The van der Waals surface area contributed by atoms with Crippen LogP contribution in [0.3, 0.4) is 0 Å². The minimum absolute atomic E-state index is 0.0359. The summed E-state index contributed by atoms with van der Waals surface area (Å²) < 4.78 is 19.4. The molecule has 2 aromatic rings. The van der Waals surface area contributed by atoms with Crippen LogP contribution < -0.4 is 10.1 Å². The second-order valence-electron chi connectivity index (χ2n) is 4.71. The second-order valence-corrected chi connectivity index (χ2v) is 6.06. The molecule has 0 aromatic heterocycles. The van der Waals surface area contributed by atoms with Gasteiger partial charge in [-0.3, -0.25) is 4.79 Å². The highest BCUT2D eigenvalue weighted by molar-refractivity contribution is 9.10. The summed E-state index contributed by atoms with van der Waals surface area (Å²) in [6.07, 6.45) is 0. The molecule has 0 aliphatic rings. The Kier molecular flexibility index (Phi) is 5.80. The van der Waals surface area contributed by atoms with E-state index in [1.807, 2.05) is 19.1 Å². The molecule has 1 atom stereocenters. The van der Waals surface area contributed by atoms with Gasteiger partial charge in [-0.1, -0.05) is 39.7 Å². The zero-order valence-electron chi connectivity index (χ0n) is 11.8. The average molecular weight is 387 g/mol. The Balaban J connectivity index is 1.90. The highest BCUT2D eigenvalue weighted by atomic mass is 79.9. The predicted molar refractivity (Wildman–Crippen MR) is 87.6 cm³/mol. The van der Waals surface area contributed by atoms with Gasteiger partial charge in [0.15, 0.2) is 18.2 Å². The third kappa shape index (κ3) is 4.71. The van der Waals surface area contributed by atoms with Crippen molar-refractivity contribution in [1.82, 2.24) is 5.32 Å². The molecule has 22 heavy (non-hydrogen) atoms. The van der Waals surface area contributed by atoms with Gasteiger partial charge in [0.05, 0.1) is 6.04 Å².